The Morgan fingerprint density at radius 1 is 1.25 bits per heavy atom. The second kappa shape index (κ2) is 3.43. The highest BCUT2D eigenvalue weighted by Gasteiger charge is 2.52. The van der Waals surface area contributed by atoms with Crippen LogP contribution < -0.4 is 0 Å². The molecule has 1 aromatic rings. The molecule has 0 fully saturated rings. The summed E-state index contributed by atoms with van der Waals surface area (Å²) in [5.74, 6) is 0. The van der Waals surface area contributed by atoms with Crippen molar-refractivity contribution in [2.75, 3.05) is 0 Å². The second-order valence-electron chi connectivity index (χ2n) is 3.68. The van der Waals surface area contributed by atoms with Crippen LogP contribution in [-0.2, 0) is 0 Å². The van der Waals surface area contributed by atoms with E-state index >= 15 is 0 Å². The van der Waals surface area contributed by atoms with Crippen LogP contribution >= 0.6 is 0 Å². The fraction of sp³-hybridized carbons (Fsp3) is 0.273. The number of benzene rings is 1. The van der Waals surface area contributed by atoms with Gasteiger partial charge in [-0.2, -0.15) is 13.2 Å². The summed E-state index contributed by atoms with van der Waals surface area (Å²) in [4.78, 5) is 11.6. The highest BCUT2D eigenvalue weighted by molar-refractivity contribution is 5.73. The summed E-state index contributed by atoms with van der Waals surface area (Å²) in [6, 6.07) is 4.20. The molecule has 0 saturated heterocycles. The van der Waals surface area contributed by atoms with Crippen LogP contribution in [0.5, 0.6) is 0 Å². The average Bonchev–Trinajstić information content (AvgIpc) is 2.22. The number of alkyl halides is 3. The Hall–Kier alpha value is -1.65. The van der Waals surface area contributed by atoms with Crippen molar-refractivity contribution in [2.45, 2.75) is 19.1 Å². The molecule has 2 rings (SSSR count). The van der Waals surface area contributed by atoms with Crippen molar-refractivity contribution in [3.63, 3.8) is 0 Å². The molecule has 1 unspecified atom stereocenters. The SMILES string of the molecule is CC1=CC(C(F)(F)F)[N+](=O)c2ccccc21. The number of para-hydroxylation sites is 1. The summed E-state index contributed by atoms with van der Waals surface area (Å²) in [5.41, 5.74) is 1.10. The number of nitroso groups, excluding NO2 is 1. The van der Waals surface area contributed by atoms with Crippen molar-refractivity contribution in [2.24, 2.45) is 0 Å². The first-order chi connectivity index (χ1) is 7.41. The lowest BCUT2D eigenvalue weighted by Gasteiger charge is -2.16. The summed E-state index contributed by atoms with van der Waals surface area (Å²) in [7, 11) is 0. The summed E-state index contributed by atoms with van der Waals surface area (Å²) in [5, 5.41) is 0. The standard InChI is InChI=1S/C11H9F3NO/c1-7-6-10(11(12,13)14)15(16)9-5-3-2-4-8(7)9/h2-6,10H,1H3/q+1. The van der Waals surface area contributed by atoms with Gasteiger partial charge in [0.05, 0.1) is 10.3 Å². The summed E-state index contributed by atoms with van der Waals surface area (Å²) < 4.78 is 37.7. The Balaban J connectivity index is 2.56. The highest BCUT2D eigenvalue weighted by Crippen LogP contribution is 2.37. The third-order valence-electron chi connectivity index (χ3n) is 2.56. The van der Waals surface area contributed by atoms with E-state index in [4.69, 9.17) is 0 Å². The third-order valence-corrected chi connectivity index (χ3v) is 2.56. The molecule has 0 N–H and O–H groups in total. The van der Waals surface area contributed by atoms with Crippen LogP contribution in [0.25, 0.3) is 5.57 Å². The predicted molar refractivity (Wildman–Crippen MR) is 53.2 cm³/mol. The topological polar surface area (TPSA) is 20.1 Å². The normalized spacial score (nSPS) is 20.4. The van der Waals surface area contributed by atoms with E-state index in [0.717, 1.165) is 6.08 Å². The molecular formula is C11H9F3NO+. The molecule has 0 saturated carbocycles. The van der Waals surface area contributed by atoms with E-state index in [9.17, 15) is 18.1 Å². The molecule has 0 aromatic heterocycles. The summed E-state index contributed by atoms with van der Waals surface area (Å²) >= 11 is 0. The Labute approximate surface area is 90.0 Å². The summed E-state index contributed by atoms with van der Waals surface area (Å²) in [6.07, 6.45) is -3.59. The molecular weight excluding hydrogens is 219 g/mol. The number of allylic oxidation sites excluding steroid dienone is 1. The molecule has 5 heteroatoms. The van der Waals surface area contributed by atoms with Gasteiger partial charge >= 0.3 is 12.2 Å². The maximum atomic E-state index is 12.6. The van der Waals surface area contributed by atoms with E-state index in [2.05, 4.69) is 0 Å². The molecule has 1 aromatic carbocycles. The molecule has 1 heterocycles. The Morgan fingerprint density at radius 2 is 1.88 bits per heavy atom. The number of hydrogen-bond donors (Lipinski definition) is 0. The van der Waals surface area contributed by atoms with Gasteiger partial charge < -0.3 is 0 Å². The zero-order chi connectivity index (χ0) is 11.9. The Kier molecular flexibility index (Phi) is 2.33. The second-order valence-corrected chi connectivity index (χ2v) is 3.68. The van der Waals surface area contributed by atoms with E-state index in [0.29, 0.717) is 11.1 Å². The largest absolute Gasteiger partial charge is 0.460 e. The lowest BCUT2D eigenvalue weighted by Crippen LogP contribution is -2.36. The first kappa shape index (κ1) is 10.9. The van der Waals surface area contributed by atoms with Gasteiger partial charge in [0.25, 0.3) is 5.69 Å². The third kappa shape index (κ3) is 1.62. The van der Waals surface area contributed by atoms with Crippen molar-refractivity contribution >= 4 is 11.3 Å². The van der Waals surface area contributed by atoms with Crippen LogP contribution in [0.2, 0.25) is 0 Å². The number of fused-ring (bicyclic) bond motifs is 1. The van der Waals surface area contributed by atoms with Crippen LogP contribution in [0.1, 0.15) is 12.5 Å². The minimum absolute atomic E-state index is 0.0162. The van der Waals surface area contributed by atoms with Gasteiger partial charge in [-0.1, -0.05) is 12.1 Å². The molecule has 1 aliphatic rings. The van der Waals surface area contributed by atoms with Gasteiger partial charge in [-0.25, -0.2) is 0 Å². The smallest absolute Gasteiger partial charge is 0.164 e. The van der Waals surface area contributed by atoms with Gasteiger partial charge in [-0.3, -0.25) is 0 Å². The lowest BCUT2D eigenvalue weighted by atomic mass is 9.98. The van der Waals surface area contributed by atoms with Gasteiger partial charge in [0.2, 0.25) is 0 Å². The molecule has 1 aliphatic heterocycles. The van der Waals surface area contributed by atoms with E-state index in [1.54, 1.807) is 25.1 Å². The van der Waals surface area contributed by atoms with Gasteiger partial charge in [0.1, 0.15) is 0 Å². The molecule has 0 aliphatic carbocycles. The minimum atomic E-state index is -4.55. The van der Waals surface area contributed by atoms with Crippen molar-refractivity contribution in [3.05, 3.63) is 40.8 Å². The fourth-order valence-electron chi connectivity index (χ4n) is 1.77. The van der Waals surface area contributed by atoms with Crippen LogP contribution in [-0.4, -0.2) is 17.0 Å². The van der Waals surface area contributed by atoms with Crippen LogP contribution in [0.3, 0.4) is 0 Å². The number of hydrogen-bond acceptors (Lipinski definition) is 1. The number of halogens is 3. The Morgan fingerprint density at radius 3 is 2.50 bits per heavy atom. The van der Waals surface area contributed by atoms with Gasteiger partial charge in [-0.05, 0) is 18.6 Å². The van der Waals surface area contributed by atoms with E-state index in [-0.39, 0.29) is 10.4 Å². The highest BCUT2D eigenvalue weighted by atomic mass is 19.4. The molecule has 2 nitrogen and oxygen atoms in total. The zero-order valence-electron chi connectivity index (χ0n) is 8.45. The first-order valence-corrected chi connectivity index (χ1v) is 4.72. The monoisotopic (exact) mass is 228 g/mol. The quantitative estimate of drug-likeness (QED) is 0.623. The predicted octanol–water partition coefficient (Wildman–Crippen LogP) is 3.44. The van der Waals surface area contributed by atoms with E-state index in [1.807, 2.05) is 0 Å². The lowest BCUT2D eigenvalue weighted by molar-refractivity contribution is -0.536. The first-order valence-electron chi connectivity index (χ1n) is 4.72. The maximum absolute atomic E-state index is 12.6. The summed E-state index contributed by atoms with van der Waals surface area (Å²) in [6.45, 7) is 1.57. The van der Waals surface area contributed by atoms with Crippen LogP contribution in [0, 0.1) is 4.91 Å². The van der Waals surface area contributed by atoms with Crippen molar-refractivity contribution in [1.29, 1.82) is 0 Å². The molecule has 0 radical (unpaired) electrons. The Bertz CT molecular complexity index is 476. The maximum Gasteiger partial charge on any atom is 0.460 e. The zero-order valence-corrected chi connectivity index (χ0v) is 8.45. The van der Waals surface area contributed by atoms with Gasteiger partial charge in [-0.15, -0.1) is 0 Å². The van der Waals surface area contributed by atoms with Crippen LogP contribution in [0.4, 0.5) is 18.9 Å². The molecule has 0 spiro atoms. The van der Waals surface area contributed by atoms with Gasteiger partial charge in [0.15, 0.2) is 0 Å². The van der Waals surface area contributed by atoms with Gasteiger partial charge in [0, 0.05) is 17.0 Å². The van der Waals surface area contributed by atoms with Crippen LogP contribution in [0.15, 0.2) is 30.3 Å². The molecule has 0 amide bonds. The molecule has 1 atom stereocenters. The van der Waals surface area contributed by atoms with E-state index < -0.39 is 12.2 Å². The van der Waals surface area contributed by atoms with Crippen molar-refractivity contribution < 1.29 is 17.9 Å². The van der Waals surface area contributed by atoms with Crippen molar-refractivity contribution in [3.8, 4) is 0 Å². The number of nitrogens with zero attached hydrogens (tertiary/aromatic N) is 1. The average molecular weight is 228 g/mol. The molecule has 0 bridgehead atoms. The molecule has 16 heavy (non-hydrogen) atoms. The van der Waals surface area contributed by atoms with E-state index in [1.165, 1.54) is 6.07 Å². The van der Waals surface area contributed by atoms with Crippen molar-refractivity contribution in [1.82, 2.24) is 0 Å². The molecule has 84 valence electrons. The number of rotatable bonds is 0. The fourth-order valence-corrected chi connectivity index (χ4v) is 1.77. The minimum Gasteiger partial charge on any atom is -0.164 e.